The van der Waals surface area contributed by atoms with E-state index in [1.165, 1.54) is 30.4 Å². The number of rotatable bonds is 5. The molecule has 0 radical (unpaired) electrons. The second kappa shape index (κ2) is 6.03. The van der Waals surface area contributed by atoms with E-state index in [-0.39, 0.29) is 0 Å². The third-order valence-electron chi connectivity index (χ3n) is 3.20. The molecule has 1 unspecified atom stereocenters. The van der Waals surface area contributed by atoms with Gasteiger partial charge in [-0.3, -0.25) is 0 Å². The Morgan fingerprint density at radius 3 is 2.82 bits per heavy atom. The Morgan fingerprint density at radius 1 is 1.29 bits per heavy atom. The molecule has 0 aliphatic heterocycles. The molecule has 3 heteroatoms. The maximum Gasteiger partial charge on any atom is 0.119 e. The monoisotopic (exact) mass is 235 g/mol. The van der Waals surface area contributed by atoms with Crippen molar-refractivity contribution in [1.82, 2.24) is 5.32 Å². The van der Waals surface area contributed by atoms with Gasteiger partial charge in [-0.05, 0) is 56.0 Å². The molecule has 17 heavy (non-hydrogen) atoms. The van der Waals surface area contributed by atoms with Crippen LogP contribution in [0.5, 0.6) is 5.75 Å². The average molecular weight is 235 g/mol. The van der Waals surface area contributed by atoms with E-state index in [0.717, 1.165) is 12.2 Å². The summed E-state index contributed by atoms with van der Waals surface area (Å²) in [7, 11) is 1.82. The van der Waals surface area contributed by atoms with Crippen LogP contribution in [0.2, 0.25) is 0 Å². The van der Waals surface area contributed by atoms with Gasteiger partial charge in [0.25, 0.3) is 0 Å². The molecule has 94 valence electrons. The van der Waals surface area contributed by atoms with Crippen molar-refractivity contribution in [3.05, 3.63) is 29.3 Å². The molecule has 0 saturated heterocycles. The fraction of sp³-hybridized carbons (Fsp3) is 0.571. The van der Waals surface area contributed by atoms with Crippen LogP contribution in [0, 0.1) is 0 Å². The first kappa shape index (κ1) is 12.4. The standard InChI is InChI=1S/C14H21NO2/c1-15-9-13(16)10-17-14-7-6-11-4-2-3-5-12(11)8-14/h6-8,13,15-16H,2-5,9-10H2,1H3. The summed E-state index contributed by atoms with van der Waals surface area (Å²) in [5.41, 5.74) is 2.87. The first-order valence-electron chi connectivity index (χ1n) is 6.37. The number of benzene rings is 1. The van der Waals surface area contributed by atoms with Crippen LogP contribution in [-0.2, 0) is 12.8 Å². The lowest BCUT2D eigenvalue weighted by atomic mass is 9.92. The maximum absolute atomic E-state index is 9.56. The van der Waals surface area contributed by atoms with E-state index >= 15 is 0 Å². The highest BCUT2D eigenvalue weighted by Crippen LogP contribution is 2.25. The molecule has 1 aliphatic rings. The van der Waals surface area contributed by atoms with Crippen molar-refractivity contribution in [2.75, 3.05) is 20.2 Å². The minimum absolute atomic E-state index is 0.347. The number of hydrogen-bond acceptors (Lipinski definition) is 3. The Morgan fingerprint density at radius 2 is 2.06 bits per heavy atom. The van der Waals surface area contributed by atoms with Crippen molar-refractivity contribution >= 4 is 0 Å². The normalized spacial score (nSPS) is 16.4. The molecule has 2 N–H and O–H groups in total. The number of hydrogen-bond donors (Lipinski definition) is 2. The summed E-state index contributed by atoms with van der Waals surface area (Å²) in [6.45, 7) is 0.907. The number of ether oxygens (including phenoxy) is 1. The van der Waals surface area contributed by atoms with Gasteiger partial charge in [-0.15, -0.1) is 0 Å². The topological polar surface area (TPSA) is 41.5 Å². The zero-order valence-electron chi connectivity index (χ0n) is 10.4. The summed E-state index contributed by atoms with van der Waals surface area (Å²) in [4.78, 5) is 0. The average Bonchev–Trinajstić information content (AvgIpc) is 2.36. The Kier molecular flexibility index (Phi) is 4.40. The smallest absolute Gasteiger partial charge is 0.119 e. The predicted molar refractivity (Wildman–Crippen MR) is 68.5 cm³/mol. The third kappa shape index (κ3) is 3.45. The summed E-state index contributed by atoms with van der Waals surface area (Å²) >= 11 is 0. The first-order chi connectivity index (χ1) is 8.29. The van der Waals surface area contributed by atoms with Gasteiger partial charge in [0.05, 0.1) is 0 Å². The van der Waals surface area contributed by atoms with Crippen LogP contribution in [0.15, 0.2) is 18.2 Å². The van der Waals surface area contributed by atoms with E-state index in [1.807, 2.05) is 13.1 Å². The van der Waals surface area contributed by atoms with Crippen LogP contribution >= 0.6 is 0 Å². The summed E-state index contributed by atoms with van der Waals surface area (Å²) in [6.07, 6.45) is 4.48. The molecule has 0 amide bonds. The number of likely N-dealkylation sites (N-methyl/N-ethyl adjacent to an activating group) is 1. The lowest BCUT2D eigenvalue weighted by molar-refractivity contribution is 0.108. The van der Waals surface area contributed by atoms with E-state index in [0.29, 0.717) is 13.2 Å². The summed E-state index contributed by atoms with van der Waals surface area (Å²) in [5, 5.41) is 12.5. The molecule has 0 saturated carbocycles. The number of fused-ring (bicyclic) bond motifs is 1. The lowest BCUT2D eigenvalue weighted by Gasteiger charge is -2.17. The Hall–Kier alpha value is -1.06. The maximum atomic E-state index is 9.56. The van der Waals surface area contributed by atoms with E-state index in [4.69, 9.17) is 4.74 Å². The molecule has 0 heterocycles. The first-order valence-corrected chi connectivity index (χ1v) is 6.37. The molecule has 1 aromatic rings. The van der Waals surface area contributed by atoms with Crippen molar-refractivity contribution in [3.63, 3.8) is 0 Å². The molecular weight excluding hydrogens is 214 g/mol. The Labute approximate surface area is 103 Å². The van der Waals surface area contributed by atoms with Crippen molar-refractivity contribution in [3.8, 4) is 5.75 Å². The van der Waals surface area contributed by atoms with Gasteiger partial charge in [0.1, 0.15) is 18.5 Å². The van der Waals surface area contributed by atoms with Crippen molar-refractivity contribution in [2.45, 2.75) is 31.8 Å². The van der Waals surface area contributed by atoms with Gasteiger partial charge in [0.15, 0.2) is 0 Å². The molecule has 0 fully saturated rings. The van der Waals surface area contributed by atoms with Crippen LogP contribution in [0.1, 0.15) is 24.0 Å². The molecule has 1 atom stereocenters. The van der Waals surface area contributed by atoms with Gasteiger partial charge in [-0.1, -0.05) is 6.07 Å². The zero-order valence-corrected chi connectivity index (χ0v) is 10.4. The molecule has 0 bridgehead atoms. The number of aryl methyl sites for hydroxylation is 2. The van der Waals surface area contributed by atoms with E-state index < -0.39 is 6.10 Å². The lowest BCUT2D eigenvalue weighted by Crippen LogP contribution is -2.29. The summed E-state index contributed by atoms with van der Waals surface area (Å²) in [6, 6.07) is 6.30. The highest BCUT2D eigenvalue weighted by atomic mass is 16.5. The van der Waals surface area contributed by atoms with Crippen LogP contribution in [0.4, 0.5) is 0 Å². The summed E-state index contributed by atoms with van der Waals surface area (Å²) in [5.74, 6) is 0.876. The zero-order chi connectivity index (χ0) is 12.1. The van der Waals surface area contributed by atoms with Gasteiger partial charge < -0.3 is 15.2 Å². The highest BCUT2D eigenvalue weighted by molar-refractivity contribution is 5.37. The van der Waals surface area contributed by atoms with Gasteiger partial charge in [0, 0.05) is 6.54 Å². The second-order valence-corrected chi connectivity index (χ2v) is 4.66. The number of nitrogens with one attached hydrogen (secondary N) is 1. The minimum Gasteiger partial charge on any atom is -0.491 e. The molecule has 1 aliphatic carbocycles. The molecule has 3 nitrogen and oxygen atoms in total. The Balaban J connectivity index is 1.93. The van der Waals surface area contributed by atoms with Crippen LogP contribution in [0.3, 0.4) is 0 Å². The fourth-order valence-corrected chi connectivity index (χ4v) is 2.29. The van der Waals surface area contributed by atoms with E-state index in [1.54, 1.807) is 0 Å². The van der Waals surface area contributed by atoms with E-state index in [9.17, 15) is 5.11 Å². The quantitative estimate of drug-likeness (QED) is 0.813. The number of aliphatic hydroxyl groups is 1. The molecule has 2 rings (SSSR count). The van der Waals surface area contributed by atoms with Gasteiger partial charge in [-0.25, -0.2) is 0 Å². The predicted octanol–water partition coefficient (Wildman–Crippen LogP) is 1.52. The largest absolute Gasteiger partial charge is 0.491 e. The molecule has 1 aromatic carbocycles. The molecule has 0 spiro atoms. The van der Waals surface area contributed by atoms with Gasteiger partial charge in [-0.2, -0.15) is 0 Å². The summed E-state index contributed by atoms with van der Waals surface area (Å²) < 4.78 is 5.60. The molecular formula is C14H21NO2. The van der Waals surface area contributed by atoms with Crippen LogP contribution in [0.25, 0.3) is 0 Å². The van der Waals surface area contributed by atoms with E-state index in [2.05, 4.69) is 17.4 Å². The second-order valence-electron chi connectivity index (χ2n) is 4.66. The fourth-order valence-electron chi connectivity index (χ4n) is 2.29. The minimum atomic E-state index is -0.448. The van der Waals surface area contributed by atoms with Crippen molar-refractivity contribution < 1.29 is 9.84 Å². The van der Waals surface area contributed by atoms with Crippen molar-refractivity contribution in [1.29, 1.82) is 0 Å². The van der Waals surface area contributed by atoms with Crippen molar-refractivity contribution in [2.24, 2.45) is 0 Å². The van der Waals surface area contributed by atoms with Crippen LogP contribution < -0.4 is 10.1 Å². The molecule has 0 aromatic heterocycles. The highest BCUT2D eigenvalue weighted by Gasteiger charge is 2.10. The van der Waals surface area contributed by atoms with Gasteiger partial charge in [0.2, 0.25) is 0 Å². The number of aliphatic hydroxyl groups excluding tert-OH is 1. The third-order valence-corrected chi connectivity index (χ3v) is 3.20. The SMILES string of the molecule is CNCC(O)COc1ccc2c(c1)CCCC2. The van der Waals surface area contributed by atoms with Gasteiger partial charge >= 0.3 is 0 Å². The van der Waals surface area contributed by atoms with Crippen LogP contribution in [-0.4, -0.2) is 31.4 Å². The Bertz CT molecular complexity index is 365.